The van der Waals surface area contributed by atoms with Crippen molar-refractivity contribution in [1.82, 2.24) is 5.32 Å². The van der Waals surface area contributed by atoms with Crippen LogP contribution in [-0.4, -0.2) is 122 Å². The summed E-state index contributed by atoms with van der Waals surface area (Å²) in [5, 5.41) is 79.1. The third-order valence-electron chi connectivity index (χ3n) is 4.03. The third kappa shape index (κ3) is 5.53. The van der Waals surface area contributed by atoms with E-state index in [1.165, 1.54) is 0 Å². The van der Waals surface area contributed by atoms with Gasteiger partial charge in [0.15, 0.2) is 6.29 Å². The van der Waals surface area contributed by atoms with Gasteiger partial charge in [0.05, 0.1) is 19.8 Å². The quantitative estimate of drug-likeness (QED) is 0.183. The predicted molar refractivity (Wildman–Crippen MR) is 82.4 cm³/mol. The number of hydrogen-bond acceptors (Lipinski definition) is 11. The van der Waals surface area contributed by atoms with E-state index in [1.54, 1.807) is 0 Å². The van der Waals surface area contributed by atoms with E-state index >= 15 is 0 Å². The second-order valence-electron chi connectivity index (χ2n) is 6.02. The van der Waals surface area contributed by atoms with Crippen molar-refractivity contribution in [3.8, 4) is 0 Å². The molecule has 0 bridgehead atoms. The molecule has 1 heterocycles. The van der Waals surface area contributed by atoms with Crippen molar-refractivity contribution in [2.24, 2.45) is 0 Å². The first-order valence-corrected chi connectivity index (χ1v) is 7.98. The highest BCUT2D eigenvalue weighted by atomic mass is 16.7. The molecule has 1 saturated heterocycles. The smallest absolute Gasteiger partial charge is 0.217 e. The first-order valence-electron chi connectivity index (χ1n) is 7.98. The van der Waals surface area contributed by atoms with Crippen LogP contribution < -0.4 is 5.32 Å². The van der Waals surface area contributed by atoms with Crippen molar-refractivity contribution in [3.63, 3.8) is 0 Å². The monoisotopic (exact) mass is 385 g/mol. The number of rotatable bonds is 9. The van der Waals surface area contributed by atoms with E-state index in [-0.39, 0.29) is 0 Å². The molecular formula is C14H27NO11. The zero-order valence-electron chi connectivity index (χ0n) is 14.1. The van der Waals surface area contributed by atoms with Gasteiger partial charge in [0.1, 0.15) is 48.8 Å². The Hall–Kier alpha value is -0.930. The maximum Gasteiger partial charge on any atom is 0.217 e. The lowest BCUT2D eigenvalue weighted by Crippen LogP contribution is -2.66. The van der Waals surface area contributed by atoms with E-state index in [0.29, 0.717) is 0 Å². The van der Waals surface area contributed by atoms with Gasteiger partial charge in [-0.3, -0.25) is 4.79 Å². The molecule has 154 valence electrons. The number of aliphatic hydroxyl groups excluding tert-OH is 8. The van der Waals surface area contributed by atoms with Crippen LogP contribution in [0, 0.1) is 0 Å². The summed E-state index contributed by atoms with van der Waals surface area (Å²) in [6.07, 6.45) is -13.1. The Morgan fingerprint density at radius 3 is 2.12 bits per heavy atom. The van der Waals surface area contributed by atoms with Gasteiger partial charge in [-0.2, -0.15) is 0 Å². The standard InChI is InChI=1S/C14H27NO11/c1-5(19)15-9-12(24)11(23)8(4-18)25-14(9)26-13(7(21)3-17)10(22)6(20)2-16/h6-14,16-18,20-24H,2-4H2,1H3,(H,15,19)/t6-,7-,8-,9-,10-,11-,12-,13-,14+/m1/s1. The molecule has 0 aromatic rings. The highest BCUT2D eigenvalue weighted by molar-refractivity contribution is 5.73. The Kier molecular flexibility index (Phi) is 9.26. The van der Waals surface area contributed by atoms with Crippen molar-refractivity contribution >= 4 is 5.91 Å². The highest BCUT2D eigenvalue weighted by Crippen LogP contribution is 2.25. The summed E-state index contributed by atoms with van der Waals surface area (Å²) in [6, 6.07) is -1.35. The molecule has 0 radical (unpaired) electrons. The van der Waals surface area contributed by atoms with E-state index in [4.69, 9.17) is 19.7 Å². The van der Waals surface area contributed by atoms with Crippen molar-refractivity contribution in [2.45, 2.75) is 62.0 Å². The van der Waals surface area contributed by atoms with Crippen LogP contribution in [0.25, 0.3) is 0 Å². The summed E-state index contributed by atoms with van der Waals surface area (Å²) in [5.74, 6) is -0.615. The first-order chi connectivity index (χ1) is 12.2. The van der Waals surface area contributed by atoms with E-state index in [0.717, 1.165) is 6.92 Å². The Morgan fingerprint density at radius 2 is 1.65 bits per heavy atom. The lowest BCUT2D eigenvalue weighted by Gasteiger charge is -2.44. The first kappa shape index (κ1) is 23.1. The lowest BCUT2D eigenvalue weighted by atomic mass is 9.96. The number of hydrogen-bond donors (Lipinski definition) is 9. The van der Waals surface area contributed by atoms with Crippen molar-refractivity contribution < 1.29 is 55.1 Å². The number of aliphatic hydroxyl groups is 8. The lowest BCUT2D eigenvalue weighted by molar-refractivity contribution is -0.302. The van der Waals surface area contributed by atoms with Crippen LogP contribution >= 0.6 is 0 Å². The van der Waals surface area contributed by atoms with Gasteiger partial charge in [-0.1, -0.05) is 0 Å². The largest absolute Gasteiger partial charge is 0.394 e. The number of amides is 1. The fourth-order valence-electron chi connectivity index (χ4n) is 2.57. The maximum atomic E-state index is 11.3. The number of carbonyl (C=O) groups excluding carboxylic acids is 1. The zero-order chi connectivity index (χ0) is 20.0. The minimum Gasteiger partial charge on any atom is -0.394 e. The summed E-state index contributed by atoms with van der Waals surface area (Å²) < 4.78 is 10.6. The van der Waals surface area contributed by atoms with Crippen LogP contribution in [0.1, 0.15) is 6.92 Å². The number of nitrogens with one attached hydrogen (secondary N) is 1. The molecule has 12 nitrogen and oxygen atoms in total. The summed E-state index contributed by atoms with van der Waals surface area (Å²) in [5.41, 5.74) is 0. The van der Waals surface area contributed by atoms with Crippen LogP contribution in [0.4, 0.5) is 0 Å². The van der Waals surface area contributed by atoms with Crippen LogP contribution in [0.5, 0.6) is 0 Å². The normalized spacial score (nSPS) is 34.0. The van der Waals surface area contributed by atoms with Crippen molar-refractivity contribution in [3.05, 3.63) is 0 Å². The Labute approximate surface area is 149 Å². The second kappa shape index (κ2) is 10.4. The van der Waals surface area contributed by atoms with Gasteiger partial charge in [0.2, 0.25) is 5.91 Å². The molecule has 1 amide bonds. The molecule has 9 atom stereocenters. The molecule has 26 heavy (non-hydrogen) atoms. The van der Waals surface area contributed by atoms with Crippen LogP contribution in [0.15, 0.2) is 0 Å². The molecule has 9 N–H and O–H groups in total. The predicted octanol–water partition coefficient (Wildman–Crippen LogP) is -5.62. The van der Waals surface area contributed by atoms with E-state index in [1.807, 2.05) is 0 Å². The van der Waals surface area contributed by atoms with Gasteiger partial charge < -0.3 is 55.6 Å². The molecule has 0 aliphatic carbocycles. The number of carbonyl (C=O) groups is 1. The fourth-order valence-corrected chi connectivity index (χ4v) is 2.57. The Bertz CT molecular complexity index is 439. The molecule has 1 fully saturated rings. The van der Waals surface area contributed by atoms with Gasteiger partial charge in [-0.05, 0) is 0 Å². The molecule has 0 aromatic heterocycles. The Balaban J connectivity index is 3.07. The summed E-state index contributed by atoms with van der Waals surface area (Å²) >= 11 is 0. The maximum absolute atomic E-state index is 11.3. The third-order valence-corrected chi connectivity index (χ3v) is 4.03. The number of ether oxygens (including phenoxy) is 2. The van der Waals surface area contributed by atoms with Gasteiger partial charge in [-0.25, -0.2) is 0 Å². The highest BCUT2D eigenvalue weighted by Gasteiger charge is 2.47. The second-order valence-corrected chi connectivity index (χ2v) is 6.02. The van der Waals surface area contributed by atoms with Crippen molar-refractivity contribution in [2.75, 3.05) is 19.8 Å². The molecule has 0 aromatic carbocycles. The fraction of sp³-hybridized carbons (Fsp3) is 0.929. The molecule has 0 spiro atoms. The molecule has 0 unspecified atom stereocenters. The zero-order valence-corrected chi connectivity index (χ0v) is 14.1. The molecule has 1 rings (SSSR count). The van der Waals surface area contributed by atoms with Gasteiger partial charge in [0, 0.05) is 6.92 Å². The van der Waals surface area contributed by atoms with Crippen LogP contribution in [-0.2, 0) is 14.3 Å². The average molecular weight is 385 g/mol. The minimum atomic E-state index is -1.86. The molecule has 12 heteroatoms. The molecule has 1 aliphatic rings. The molecular weight excluding hydrogens is 358 g/mol. The summed E-state index contributed by atoms with van der Waals surface area (Å²) in [7, 11) is 0. The van der Waals surface area contributed by atoms with Gasteiger partial charge in [-0.15, -0.1) is 0 Å². The summed E-state index contributed by atoms with van der Waals surface area (Å²) in [6.45, 7) is -1.34. The SMILES string of the molecule is CC(=O)N[C@H]1[C@H](O[C@@H]([C@H](O)[C@H](O)CO)[C@H](O)CO)O[C@H](CO)[C@@H](O)[C@@H]1O. The minimum absolute atomic E-state index is 0.615. The van der Waals surface area contributed by atoms with Gasteiger partial charge in [0.25, 0.3) is 0 Å². The van der Waals surface area contributed by atoms with Crippen LogP contribution in [0.3, 0.4) is 0 Å². The van der Waals surface area contributed by atoms with Crippen molar-refractivity contribution in [1.29, 1.82) is 0 Å². The van der Waals surface area contributed by atoms with E-state index in [9.17, 15) is 35.4 Å². The van der Waals surface area contributed by atoms with E-state index < -0.39 is 80.8 Å². The van der Waals surface area contributed by atoms with Gasteiger partial charge >= 0.3 is 0 Å². The van der Waals surface area contributed by atoms with Crippen LogP contribution in [0.2, 0.25) is 0 Å². The molecule has 0 saturated carbocycles. The van der Waals surface area contributed by atoms with E-state index in [2.05, 4.69) is 5.32 Å². The summed E-state index contributed by atoms with van der Waals surface area (Å²) in [4.78, 5) is 11.3. The molecule has 1 aliphatic heterocycles. The average Bonchev–Trinajstić information content (AvgIpc) is 2.62. The Morgan fingerprint density at radius 1 is 1.08 bits per heavy atom. The topological polar surface area (TPSA) is 209 Å².